The number of carboxylic acids is 1. The molecule has 0 radical (unpaired) electrons. The van der Waals surface area contributed by atoms with Gasteiger partial charge in [0.05, 0.1) is 5.56 Å². The van der Waals surface area contributed by atoms with Gasteiger partial charge in [-0.1, -0.05) is 11.6 Å². The molecular formula is C9H10ClNO2S. The fourth-order valence-corrected chi connectivity index (χ4v) is 2.92. The minimum atomic E-state index is -0.931. The van der Waals surface area contributed by atoms with Crippen molar-refractivity contribution in [3.05, 3.63) is 20.8 Å². The van der Waals surface area contributed by atoms with Crippen molar-refractivity contribution in [1.82, 2.24) is 5.32 Å². The first kappa shape index (κ1) is 9.96. The molecule has 1 atom stereocenters. The summed E-state index contributed by atoms with van der Waals surface area (Å²) in [5.74, 6) is -0.931. The second kappa shape index (κ2) is 3.88. The summed E-state index contributed by atoms with van der Waals surface area (Å²) in [6.07, 6.45) is 2.09. The summed E-state index contributed by atoms with van der Waals surface area (Å²) in [4.78, 5) is 11.0. The van der Waals surface area contributed by atoms with E-state index in [-0.39, 0.29) is 11.6 Å². The maximum atomic E-state index is 11.0. The van der Waals surface area contributed by atoms with Crippen LogP contribution in [-0.4, -0.2) is 17.6 Å². The van der Waals surface area contributed by atoms with Gasteiger partial charge in [-0.25, -0.2) is 4.79 Å². The Balaban J connectivity index is 2.37. The van der Waals surface area contributed by atoms with Gasteiger partial charge in [0, 0.05) is 6.04 Å². The van der Waals surface area contributed by atoms with Gasteiger partial charge in [0.1, 0.15) is 4.34 Å². The van der Waals surface area contributed by atoms with Crippen LogP contribution in [0.5, 0.6) is 0 Å². The van der Waals surface area contributed by atoms with Crippen LogP contribution in [0.15, 0.2) is 5.38 Å². The lowest BCUT2D eigenvalue weighted by Crippen LogP contribution is -2.15. The van der Waals surface area contributed by atoms with Gasteiger partial charge in [0.2, 0.25) is 0 Å². The van der Waals surface area contributed by atoms with Crippen molar-refractivity contribution < 1.29 is 9.90 Å². The summed E-state index contributed by atoms with van der Waals surface area (Å²) < 4.78 is 0.376. The van der Waals surface area contributed by atoms with E-state index < -0.39 is 5.97 Å². The minimum absolute atomic E-state index is 0.171. The molecule has 2 N–H and O–H groups in total. The van der Waals surface area contributed by atoms with E-state index in [9.17, 15) is 4.79 Å². The molecule has 0 bridgehead atoms. The first-order valence-corrected chi connectivity index (χ1v) is 5.69. The zero-order chi connectivity index (χ0) is 10.1. The second-order valence-corrected chi connectivity index (χ2v) is 4.78. The first-order valence-electron chi connectivity index (χ1n) is 4.43. The number of carboxylic acid groups (broad SMARTS) is 1. The van der Waals surface area contributed by atoms with E-state index in [1.165, 1.54) is 11.3 Å². The molecule has 1 aromatic rings. The van der Waals surface area contributed by atoms with Gasteiger partial charge in [-0.2, -0.15) is 0 Å². The normalized spacial score (nSPS) is 21.4. The van der Waals surface area contributed by atoms with Crippen LogP contribution >= 0.6 is 22.9 Å². The van der Waals surface area contributed by atoms with E-state index in [1.54, 1.807) is 0 Å². The van der Waals surface area contributed by atoms with Crippen LogP contribution in [0.1, 0.15) is 34.8 Å². The maximum Gasteiger partial charge on any atom is 0.338 e. The summed E-state index contributed by atoms with van der Waals surface area (Å²) in [5, 5.41) is 14.1. The highest BCUT2D eigenvalue weighted by atomic mass is 35.5. The smallest absolute Gasteiger partial charge is 0.338 e. The standard InChI is InChI=1S/C9H10ClNO2S/c10-8-7(9(12)13)5(4-14-8)6-2-1-3-11-6/h4,6,11H,1-3H2,(H,12,13). The molecule has 2 heterocycles. The Bertz CT molecular complexity index is 358. The van der Waals surface area contributed by atoms with Crippen LogP contribution in [0.4, 0.5) is 0 Å². The lowest BCUT2D eigenvalue weighted by molar-refractivity contribution is 0.0696. The van der Waals surface area contributed by atoms with Crippen LogP contribution in [0.2, 0.25) is 4.34 Å². The van der Waals surface area contributed by atoms with Crippen molar-refractivity contribution in [1.29, 1.82) is 0 Å². The van der Waals surface area contributed by atoms with E-state index in [2.05, 4.69) is 5.32 Å². The summed E-state index contributed by atoms with van der Waals surface area (Å²) in [7, 11) is 0. The van der Waals surface area contributed by atoms with Crippen LogP contribution in [-0.2, 0) is 0 Å². The molecule has 0 saturated carbocycles. The Morgan fingerprint density at radius 2 is 2.50 bits per heavy atom. The van der Waals surface area contributed by atoms with Crippen molar-refractivity contribution in [2.45, 2.75) is 18.9 Å². The molecule has 0 aliphatic carbocycles. The zero-order valence-corrected chi connectivity index (χ0v) is 8.99. The molecule has 1 aliphatic heterocycles. The van der Waals surface area contributed by atoms with Crippen LogP contribution < -0.4 is 5.32 Å². The van der Waals surface area contributed by atoms with Crippen molar-refractivity contribution in [3.8, 4) is 0 Å². The Kier molecular flexibility index (Phi) is 2.76. The number of carbonyl (C=O) groups is 1. The van der Waals surface area contributed by atoms with E-state index in [4.69, 9.17) is 16.7 Å². The van der Waals surface area contributed by atoms with E-state index in [0.717, 1.165) is 24.9 Å². The second-order valence-electron chi connectivity index (χ2n) is 3.29. The number of thiophene rings is 1. The maximum absolute atomic E-state index is 11.0. The lowest BCUT2D eigenvalue weighted by Gasteiger charge is -2.09. The fourth-order valence-electron chi connectivity index (χ4n) is 1.76. The van der Waals surface area contributed by atoms with Crippen molar-refractivity contribution in [3.63, 3.8) is 0 Å². The van der Waals surface area contributed by atoms with Crippen molar-refractivity contribution in [2.75, 3.05) is 6.54 Å². The molecule has 1 unspecified atom stereocenters. The van der Waals surface area contributed by atoms with E-state index in [0.29, 0.717) is 4.34 Å². The van der Waals surface area contributed by atoms with Crippen molar-refractivity contribution in [2.24, 2.45) is 0 Å². The topological polar surface area (TPSA) is 49.3 Å². The SMILES string of the molecule is O=C(O)c1c(C2CCCN2)csc1Cl. The fraction of sp³-hybridized carbons (Fsp3) is 0.444. The third-order valence-electron chi connectivity index (χ3n) is 2.42. The van der Waals surface area contributed by atoms with Gasteiger partial charge in [0.25, 0.3) is 0 Å². The molecule has 0 spiro atoms. The average molecular weight is 232 g/mol. The molecule has 1 fully saturated rings. The highest BCUT2D eigenvalue weighted by Gasteiger charge is 2.25. The van der Waals surface area contributed by atoms with Crippen LogP contribution in [0.3, 0.4) is 0 Å². The average Bonchev–Trinajstić information content (AvgIpc) is 2.70. The molecule has 1 saturated heterocycles. The number of nitrogens with one attached hydrogen (secondary N) is 1. The molecule has 76 valence electrons. The van der Waals surface area contributed by atoms with Gasteiger partial charge < -0.3 is 10.4 Å². The van der Waals surface area contributed by atoms with Gasteiger partial charge >= 0.3 is 5.97 Å². The molecule has 1 aromatic heterocycles. The van der Waals surface area contributed by atoms with E-state index in [1.807, 2.05) is 5.38 Å². The number of hydrogen-bond acceptors (Lipinski definition) is 3. The first-order chi connectivity index (χ1) is 6.70. The summed E-state index contributed by atoms with van der Waals surface area (Å²) >= 11 is 7.12. The molecule has 0 aromatic carbocycles. The van der Waals surface area contributed by atoms with Gasteiger partial charge in [0.15, 0.2) is 0 Å². The number of aromatic carboxylic acids is 1. The quantitative estimate of drug-likeness (QED) is 0.823. The minimum Gasteiger partial charge on any atom is -0.478 e. The van der Waals surface area contributed by atoms with Crippen LogP contribution in [0, 0.1) is 0 Å². The number of rotatable bonds is 2. The molecule has 3 nitrogen and oxygen atoms in total. The highest BCUT2D eigenvalue weighted by molar-refractivity contribution is 7.15. The molecule has 0 amide bonds. The highest BCUT2D eigenvalue weighted by Crippen LogP contribution is 2.34. The predicted molar refractivity (Wildman–Crippen MR) is 56.3 cm³/mol. The summed E-state index contributed by atoms with van der Waals surface area (Å²) in [5.41, 5.74) is 1.11. The summed E-state index contributed by atoms with van der Waals surface area (Å²) in [6, 6.07) is 0.171. The monoisotopic (exact) mass is 231 g/mol. The van der Waals surface area contributed by atoms with Crippen LogP contribution in [0.25, 0.3) is 0 Å². The molecule has 14 heavy (non-hydrogen) atoms. The van der Waals surface area contributed by atoms with E-state index >= 15 is 0 Å². The Hall–Kier alpha value is -0.580. The lowest BCUT2D eigenvalue weighted by atomic mass is 10.0. The van der Waals surface area contributed by atoms with Gasteiger partial charge in [-0.05, 0) is 30.3 Å². The van der Waals surface area contributed by atoms with Crippen molar-refractivity contribution >= 4 is 28.9 Å². The largest absolute Gasteiger partial charge is 0.478 e. The molecule has 5 heteroatoms. The summed E-state index contributed by atoms with van der Waals surface area (Å²) in [6.45, 7) is 0.956. The zero-order valence-electron chi connectivity index (χ0n) is 7.42. The van der Waals surface area contributed by atoms with Gasteiger partial charge in [-0.15, -0.1) is 11.3 Å². The Morgan fingerprint density at radius 3 is 3.07 bits per heavy atom. The molecular weight excluding hydrogens is 222 g/mol. The Labute approximate surface area is 90.7 Å². The number of halogens is 1. The molecule has 1 aliphatic rings. The Morgan fingerprint density at radius 1 is 1.71 bits per heavy atom. The predicted octanol–water partition coefficient (Wildman–Crippen LogP) is 2.52. The third-order valence-corrected chi connectivity index (χ3v) is 3.66. The third kappa shape index (κ3) is 1.65. The number of hydrogen-bond donors (Lipinski definition) is 2. The molecule has 2 rings (SSSR count). The van der Waals surface area contributed by atoms with Gasteiger partial charge in [-0.3, -0.25) is 0 Å².